The van der Waals surface area contributed by atoms with Crippen molar-refractivity contribution in [1.29, 1.82) is 0 Å². The Labute approximate surface area is 268 Å². The van der Waals surface area contributed by atoms with E-state index < -0.39 is 47.0 Å². The molecule has 4 N–H and O–H groups in total. The lowest BCUT2D eigenvalue weighted by Crippen LogP contribution is -2.59. The van der Waals surface area contributed by atoms with Crippen molar-refractivity contribution in [2.45, 2.75) is 96.6 Å². The maximum Gasteiger partial charge on any atom is 0.258 e. The number of aromatic nitrogens is 1. The summed E-state index contributed by atoms with van der Waals surface area (Å²) in [6.07, 6.45) is 2.64. The zero-order valence-corrected chi connectivity index (χ0v) is 27.5. The van der Waals surface area contributed by atoms with E-state index >= 15 is 0 Å². The molecule has 1 aliphatic carbocycles. The molecular formula is C33H46FN5O5S. The number of β-amino-alcohol motifs (C(OH)–C–C–N with tert-alkyl or cyclic N) is 1. The molecule has 0 bridgehead atoms. The average Bonchev–Trinajstić information content (AvgIpc) is 3.41. The van der Waals surface area contributed by atoms with Gasteiger partial charge in [-0.1, -0.05) is 32.9 Å². The number of rotatable bonds is 11. The number of piperidine rings is 1. The molecule has 3 aliphatic rings. The van der Waals surface area contributed by atoms with Crippen molar-refractivity contribution >= 4 is 29.1 Å². The zero-order valence-electron chi connectivity index (χ0n) is 26.7. The van der Waals surface area contributed by atoms with E-state index in [0.29, 0.717) is 18.3 Å². The predicted octanol–water partition coefficient (Wildman–Crippen LogP) is 3.50. The number of halogens is 1. The number of nitrogens with zero attached hydrogens (tertiary/aromatic N) is 2. The minimum atomic E-state index is -1.94. The van der Waals surface area contributed by atoms with Gasteiger partial charge in [-0.15, -0.1) is 11.3 Å². The van der Waals surface area contributed by atoms with Gasteiger partial charge in [0.15, 0.2) is 5.67 Å². The van der Waals surface area contributed by atoms with E-state index in [9.17, 15) is 23.9 Å². The van der Waals surface area contributed by atoms with E-state index in [1.165, 1.54) is 4.90 Å². The molecule has 2 saturated heterocycles. The number of aliphatic hydroxyl groups excluding tert-OH is 1. The highest BCUT2D eigenvalue weighted by molar-refractivity contribution is 7.13. The predicted molar refractivity (Wildman–Crippen MR) is 170 cm³/mol. The summed E-state index contributed by atoms with van der Waals surface area (Å²) < 4.78 is 20.8. The van der Waals surface area contributed by atoms with Gasteiger partial charge in [-0.3, -0.25) is 14.4 Å². The second-order valence-electron chi connectivity index (χ2n) is 13.8. The Balaban J connectivity index is 1.28. The highest BCUT2D eigenvalue weighted by Crippen LogP contribution is 2.40. The number of thiazole rings is 1. The third-order valence-electron chi connectivity index (χ3n) is 9.12. The SMILES string of the molecule is Cc1ncsc1-c1ccc(CNC(=O)[C@@H]2C[C@@H](O)CN2C(=O)[C@@H](NC(=O)C2(F)CC2)C(C)(C)C)c(OCCC2CCNCC2)c1. The Morgan fingerprint density at radius 3 is 2.62 bits per heavy atom. The van der Waals surface area contributed by atoms with Crippen molar-refractivity contribution < 1.29 is 28.6 Å². The highest BCUT2D eigenvalue weighted by Gasteiger charge is 2.53. The minimum Gasteiger partial charge on any atom is -0.493 e. The first-order valence-electron chi connectivity index (χ1n) is 16.0. The molecule has 5 rings (SSSR count). The summed E-state index contributed by atoms with van der Waals surface area (Å²) >= 11 is 1.56. The molecule has 246 valence electrons. The summed E-state index contributed by atoms with van der Waals surface area (Å²) in [5.41, 5.74) is 1.87. The van der Waals surface area contributed by atoms with Crippen LogP contribution in [0.15, 0.2) is 23.7 Å². The molecule has 1 saturated carbocycles. The molecule has 0 radical (unpaired) electrons. The van der Waals surface area contributed by atoms with E-state index in [1.54, 1.807) is 32.1 Å². The Kier molecular flexibility index (Phi) is 10.1. The summed E-state index contributed by atoms with van der Waals surface area (Å²) in [7, 11) is 0. The van der Waals surface area contributed by atoms with Gasteiger partial charge in [0.1, 0.15) is 17.8 Å². The van der Waals surface area contributed by atoms with Crippen LogP contribution in [-0.2, 0) is 20.9 Å². The Bertz CT molecular complexity index is 1380. The average molecular weight is 644 g/mol. The number of likely N-dealkylation sites (tertiary alicyclic amines) is 1. The van der Waals surface area contributed by atoms with Crippen LogP contribution in [0.5, 0.6) is 5.75 Å². The summed E-state index contributed by atoms with van der Waals surface area (Å²) in [4.78, 5) is 46.6. The van der Waals surface area contributed by atoms with Crippen LogP contribution < -0.4 is 20.7 Å². The van der Waals surface area contributed by atoms with E-state index in [-0.39, 0.29) is 32.4 Å². The maximum atomic E-state index is 14.5. The number of alkyl halides is 1. The molecule has 3 atom stereocenters. The number of hydrogen-bond acceptors (Lipinski definition) is 8. The van der Waals surface area contributed by atoms with Gasteiger partial charge in [-0.05, 0) is 75.1 Å². The van der Waals surface area contributed by atoms with E-state index in [2.05, 4.69) is 20.9 Å². The summed E-state index contributed by atoms with van der Waals surface area (Å²) in [6, 6.07) is 3.94. The number of carbonyl (C=O) groups excluding carboxylic acids is 3. The van der Waals surface area contributed by atoms with Crippen molar-refractivity contribution in [2.75, 3.05) is 26.2 Å². The lowest BCUT2D eigenvalue weighted by Gasteiger charge is -2.35. The van der Waals surface area contributed by atoms with E-state index in [0.717, 1.165) is 54.0 Å². The second-order valence-corrected chi connectivity index (χ2v) is 14.6. The van der Waals surface area contributed by atoms with Gasteiger partial charge in [-0.25, -0.2) is 9.37 Å². The van der Waals surface area contributed by atoms with Crippen molar-refractivity contribution in [2.24, 2.45) is 11.3 Å². The number of aliphatic hydroxyl groups is 1. The lowest BCUT2D eigenvalue weighted by atomic mass is 9.85. The molecule has 3 amide bonds. The Morgan fingerprint density at radius 1 is 1.24 bits per heavy atom. The van der Waals surface area contributed by atoms with Crippen LogP contribution in [-0.4, -0.2) is 82.8 Å². The lowest BCUT2D eigenvalue weighted by molar-refractivity contribution is -0.145. The van der Waals surface area contributed by atoms with Crippen molar-refractivity contribution in [3.63, 3.8) is 0 Å². The molecule has 3 fully saturated rings. The molecule has 2 aliphatic heterocycles. The molecule has 2 aromatic rings. The first-order chi connectivity index (χ1) is 21.4. The normalized spacial score (nSPS) is 22.1. The fraction of sp³-hybridized carbons (Fsp3) is 0.636. The van der Waals surface area contributed by atoms with Gasteiger partial charge >= 0.3 is 0 Å². The first-order valence-corrected chi connectivity index (χ1v) is 16.9. The minimum absolute atomic E-state index is 0.0475. The van der Waals surface area contributed by atoms with Crippen molar-refractivity contribution in [3.05, 3.63) is 35.0 Å². The molecule has 0 spiro atoms. The molecule has 45 heavy (non-hydrogen) atoms. The van der Waals surface area contributed by atoms with Crippen molar-refractivity contribution in [3.8, 4) is 16.2 Å². The molecule has 10 nitrogen and oxygen atoms in total. The number of nitrogens with one attached hydrogen (secondary N) is 3. The smallest absolute Gasteiger partial charge is 0.258 e. The van der Waals surface area contributed by atoms with Crippen LogP contribution in [0, 0.1) is 18.3 Å². The molecule has 0 unspecified atom stereocenters. The first kappa shape index (κ1) is 33.3. The third kappa shape index (κ3) is 8.01. The summed E-state index contributed by atoms with van der Waals surface area (Å²) in [5, 5.41) is 19.4. The van der Waals surface area contributed by atoms with Crippen LogP contribution in [0.1, 0.15) is 70.6 Å². The van der Waals surface area contributed by atoms with Crippen LogP contribution in [0.25, 0.3) is 10.4 Å². The third-order valence-corrected chi connectivity index (χ3v) is 10.1. The Hall–Kier alpha value is -3.09. The number of benzene rings is 1. The molecule has 12 heteroatoms. The van der Waals surface area contributed by atoms with Gasteiger partial charge in [0, 0.05) is 25.1 Å². The monoisotopic (exact) mass is 643 g/mol. The zero-order chi connectivity index (χ0) is 32.4. The number of amides is 3. The van der Waals surface area contributed by atoms with Gasteiger partial charge in [0.25, 0.3) is 5.91 Å². The standard InChI is InChI=1S/C33H46FN5O5S/c1-20-27(45-19-37-20)22-5-6-23(26(15-22)44-14-9-21-7-12-35-13-8-21)17-36-29(41)25-16-24(40)18-39(25)30(42)28(32(2,3)4)38-31(43)33(34)10-11-33/h5-6,15,19,21,24-25,28,35,40H,7-14,16-18H2,1-4H3,(H,36,41)(H,38,43)/t24-,25+,28-/m1/s1. The van der Waals surface area contributed by atoms with Crippen LogP contribution in [0.2, 0.25) is 0 Å². The quantitative estimate of drug-likeness (QED) is 0.295. The number of hydrogen-bond donors (Lipinski definition) is 4. The molecule has 1 aromatic carbocycles. The Morgan fingerprint density at radius 2 is 1.98 bits per heavy atom. The fourth-order valence-corrected chi connectivity index (χ4v) is 6.88. The molecule has 3 heterocycles. The molecular weight excluding hydrogens is 597 g/mol. The van der Waals surface area contributed by atoms with Crippen LogP contribution >= 0.6 is 11.3 Å². The maximum absolute atomic E-state index is 14.5. The largest absolute Gasteiger partial charge is 0.493 e. The van der Waals surface area contributed by atoms with Crippen molar-refractivity contribution in [1.82, 2.24) is 25.8 Å². The summed E-state index contributed by atoms with van der Waals surface area (Å²) in [6.45, 7) is 10.0. The van der Waals surface area contributed by atoms with Gasteiger partial charge in [0.05, 0.1) is 28.8 Å². The van der Waals surface area contributed by atoms with Crippen LogP contribution in [0.3, 0.4) is 0 Å². The highest BCUT2D eigenvalue weighted by atomic mass is 32.1. The number of ether oxygens (including phenoxy) is 1. The van der Waals surface area contributed by atoms with Gasteiger partial charge < -0.3 is 30.7 Å². The molecule has 1 aromatic heterocycles. The fourth-order valence-electron chi connectivity index (χ4n) is 6.08. The van der Waals surface area contributed by atoms with Gasteiger partial charge in [-0.2, -0.15) is 0 Å². The number of carbonyl (C=O) groups is 3. The second kappa shape index (κ2) is 13.7. The topological polar surface area (TPSA) is 133 Å². The summed E-state index contributed by atoms with van der Waals surface area (Å²) in [5.74, 6) is -0.431. The van der Waals surface area contributed by atoms with Gasteiger partial charge in [0.2, 0.25) is 11.8 Å². The number of aryl methyl sites for hydroxylation is 1. The van der Waals surface area contributed by atoms with E-state index in [4.69, 9.17) is 4.74 Å². The van der Waals surface area contributed by atoms with E-state index in [1.807, 2.05) is 30.6 Å². The van der Waals surface area contributed by atoms with Crippen LogP contribution in [0.4, 0.5) is 4.39 Å².